The second kappa shape index (κ2) is 7.34. The molecule has 0 aromatic heterocycles. The van der Waals surface area contributed by atoms with Crippen LogP contribution in [0.25, 0.3) is 0 Å². The summed E-state index contributed by atoms with van der Waals surface area (Å²) in [5, 5.41) is 2.97. The monoisotopic (exact) mass is 237 g/mol. The van der Waals surface area contributed by atoms with Gasteiger partial charge in [0.25, 0.3) is 0 Å². The van der Waals surface area contributed by atoms with Crippen LogP contribution in [-0.2, 0) is 11.2 Å². The number of hydrogen-bond acceptors (Lipinski definition) is 2. The Morgan fingerprint density at radius 2 is 2.12 bits per heavy atom. The van der Waals surface area contributed by atoms with Crippen molar-refractivity contribution in [3.05, 3.63) is 29.8 Å². The molecule has 1 amide bonds. The minimum atomic E-state index is 0.120. The highest BCUT2D eigenvalue weighted by molar-refractivity contribution is 7.98. The molecular weight excluding hydrogens is 218 g/mol. The average Bonchev–Trinajstić information content (AvgIpc) is 2.30. The molecule has 0 aliphatic heterocycles. The van der Waals surface area contributed by atoms with E-state index in [2.05, 4.69) is 24.6 Å². The van der Waals surface area contributed by atoms with Crippen LogP contribution in [0.1, 0.15) is 25.3 Å². The Hall–Kier alpha value is -0.960. The number of anilines is 1. The molecule has 16 heavy (non-hydrogen) atoms. The zero-order valence-electron chi connectivity index (χ0n) is 9.95. The number of aryl methyl sites for hydroxylation is 1. The third-order valence-electron chi connectivity index (χ3n) is 2.42. The number of hydrogen-bond donors (Lipinski definition) is 1. The Balaban J connectivity index is 2.49. The number of nitrogens with one attached hydrogen (secondary N) is 1. The summed E-state index contributed by atoms with van der Waals surface area (Å²) in [6.07, 6.45) is 4.56. The zero-order chi connectivity index (χ0) is 11.8. The number of thioether (sulfide) groups is 1. The number of carbonyl (C=O) groups is 1. The van der Waals surface area contributed by atoms with Crippen molar-refractivity contribution in [2.24, 2.45) is 0 Å². The van der Waals surface area contributed by atoms with E-state index in [4.69, 9.17) is 0 Å². The van der Waals surface area contributed by atoms with Gasteiger partial charge in [-0.1, -0.05) is 25.1 Å². The minimum Gasteiger partial charge on any atom is -0.326 e. The highest BCUT2D eigenvalue weighted by atomic mass is 32.2. The number of para-hydroxylation sites is 1. The van der Waals surface area contributed by atoms with E-state index < -0.39 is 0 Å². The molecule has 0 heterocycles. The van der Waals surface area contributed by atoms with Crippen LogP contribution in [0.3, 0.4) is 0 Å². The maximum Gasteiger partial charge on any atom is 0.224 e. The van der Waals surface area contributed by atoms with Crippen molar-refractivity contribution in [1.82, 2.24) is 0 Å². The van der Waals surface area contributed by atoms with Crippen molar-refractivity contribution in [3.63, 3.8) is 0 Å². The molecule has 1 aromatic carbocycles. The van der Waals surface area contributed by atoms with E-state index in [1.807, 2.05) is 18.2 Å². The van der Waals surface area contributed by atoms with Crippen LogP contribution in [0, 0.1) is 0 Å². The van der Waals surface area contributed by atoms with Gasteiger partial charge in [0.15, 0.2) is 0 Å². The molecule has 1 N–H and O–H groups in total. The van der Waals surface area contributed by atoms with Gasteiger partial charge >= 0.3 is 0 Å². The Kier molecular flexibility index (Phi) is 6.01. The molecule has 3 heteroatoms. The molecule has 0 aliphatic carbocycles. The summed E-state index contributed by atoms with van der Waals surface area (Å²) >= 11 is 1.78. The fourth-order valence-electron chi connectivity index (χ4n) is 1.54. The number of carbonyl (C=O) groups excluding carboxylic acids is 1. The van der Waals surface area contributed by atoms with Gasteiger partial charge in [-0.2, -0.15) is 11.8 Å². The molecule has 1 aromatic rings. The molecule has 2 nitrogen and oxygen atoms in total. The molecule has 0 atom stereocenters. The third-order valence-corrected chi connectivity index (χ3v) is 3.12. The standard InChI is InChI=1S/C13H19NOS/c1-3-11-7-4-5-8-12(11)14-13(15)9-6-10-16-2/h4-5,7-8H,3,6,9-10H2,1-2H3,(H,14,15). The van der Waals surface area contributed by atoms with Crippen molar-refractivity contribution in [3.8, 4) is 0 Å². The quantitative estimate of drug-likeness (QED) is 0.769. The van der Waals surface area contributed by atoms with Gasteiger partial charge in [-0.05, 0) is 36.5 Å². The zero-order valence-corrected chi connectivity index (χ0v) is 10.8. The van der Waals surface area contributed by atoms with Gasteiger partial charge in [-0.3, -0.25) is 4.79 Å². The van der Waals surface area contributed by atoms with Gasteiger partial charge in [-0.25, -0.2) is 0 Å². The lowest BCUT2D eigenvalue weighted by atomic mass is 10.1. The first-order chi connectivity index (χ1) is 7.77. The van der Waals surface area contributed by atoms with Crippen LogP contribution < -0.4 is 5.32 Å². The SMILES string of the molecule is CCc1ccccc1NC(=O)CCCSC. The van der Waals surface area contributed by atoms with E-state index in [0.717, 1.165) is 24.3 Å². The maximum absolute atomic E-state index is 11.6. The van der Waals surface area contributed by atoms with Gasteiger partial charge in [0.05, 0.1) is 0 Å². The Labute approximate surface area is 102 Å². The molecular formula is C13H19NOS. The Bertz CT molecular complexity index is 338. The van der Waals surface area contributed by atoms with Crippen molar-refractivity contribution in [2.75, 3.05) is 17.3 Å². The lowest BCUT2D eigenvalue weighted by molar-refractivity contribution is -0.116. The van der Waals surface area contributed by atoms with Gasteiger partial charge in [-0.15, -0.1) is 0 Å². The van der Waals surface area contributed by atoms with Crippen LogP contribution in [0.4, 0.5) is 5.69 Å². The number of benzene rings is 1. The van der Waals surface area contributed by atoms with Crippen molar-refractivity contribution in [2.45, 2.75) is 26.2 Å². The normalized spacial score (nSPS) is 10.1. The van der Waals surface area contributed by atoms with Crippen LogP contribution in [0.2, 0.25) is 0 Å². The van der Waals surface area contributed by atoms with E-state index in [9.17, 15) is 4.79 Å². The average molecular weight is 237 g/mol. The maximum atomic E-state index is 11.6. The van der Waals surface area contributed by atoms with Gasteiger partial charge < -0.3 is 5.32 Å². The molecule has 0 fully saturated rings. The molecule has 0 spiro atoms. The molecule has 88 valence electrons. The molecule has 0 saturated carbocycles. The predicted molar refractivity (Wildman–Crippen MR) is 72.1 cm³/mol. The van der Waals surface area contributed by atoms with E-state index in [1.54, 1.807) is 11.8 Å². The van der Waals surface area contributed by atoms with Crippen molar-refractivity contribution in [1.29, 1.82) is 0 Å². The van der Waals surface area contributed by atoms with Crippen LogP contribution in [-0.4, -0.2) is 17.9 Å². The molecule has 0 aliphatic rings. The summed E-state index contributed by atoms with van der Waals surface area (Å²) < 4.78 is 0. The summed E-state index contributed by atoms with van der Waals surface area (Å²) in [7, 11) is 0. The van der Waals surface area contributed by atoms with Crippen LogP contribution in [0.5, 0.6) is 0 Å². The fourth-order valence-corrected chi connectivity index (χ4v) is 1.97. The summed E-state index contributed by atoms with van der Waals surface area (Å²) in [5.41, 5.74) is 2.15. The summed E-state index contributed by atoms with van der Waals surface area (Å²) in [6, 6.07) is 7.97. The van der Waals surface area contributed by atoms with Gasteiger partial charge in [0, 0.05) is 12.1 Å². The first kappa shape index (κ1) is 13.1. The third kappa shape index (κ3) is 4.27. The highest BCUT2D eigenvalue weighted by Crippen LogP contribution is 2.15. The first-order valence-electron chi connectivity index (χ1n) is 5.64. The largest absolute Gasteiger partial charge is 0.326 e. The van der Waals surface area contributed by atoms with E-state index in [-0.39, 0.29) is 5.91 Å². The topological polar surface area (TPSA) is 29.1 Å². The lowest BCUT2D eigenvalue weighted by Crippen LogP contribution is -2.12. The summed E-state index contributed by atoms with van der Waals surface area (Å²) in [5.74, 6) is 1.16. The lowest BCUT2D eigenvalue weighted by Gasteiger charge is -2.09. The van der Waals surface area contributed by atoms with E-state index in [0.29, 0.717) is 6.42 Å². The molecule has 0 unspecified atom stereocenters. The first-order valence-corrected chi connectivity index (χ1v) is 7.04. The smallest absolute Gasteiger partial charge is 0.224 e. The van der Waals surface area contributed by atoms with Crippen LogP contribution in [0.15, 0.2) is 24.3 Å². The van der Waals surface area contributed by atoms with Crippen molar-refractivity contribution < 1.29 is 4.79 Å². The van der Waals surface area contributed by atoms with E-state index >= 15 is 0 Å². The predicted octanol–water partition coefficient (Wildman–Crippen LogP) is 3.33. The summed E-state index contributed by atoms with van der Waals surface area (Å²) in [4.78, 5) is 11.6. The van der Waals surface area contributed by atoms with Crippen LogP contribution >= 0.6 is 11.8 Å². The second-order valence-electron chi connectivity index (χ2n) is 3.66. The highest BCUT2D eigenvalue weighted by Gasteiger charge is 2.04. The second-order valence-corrected chi connectivity index (χ2v) is 4.64. The number of amides is 1. The summed E-state index contributed by atoms with van der Waals surface area (Å²) in [6.45, 7) is 2.10. The van der Waals surface area contributed by atoms with E-state index in [1.165, 1.54) is 5.56 Å². The Morgan fingerprint density at radius 3 is 2.81 bits per heavy atom. The van der Waals surface area contributed by atoms with Gasteiger partial charge in [0.2, 0.25) is 5.91 Å². The van der Waals surface area contributed by atoms with Gasteiger partial charge in [0.1, 0.15) is 0 Å². The Morgan fingerprint density at radius 1 is 1.38 bits per heavy atom. The van der Waals surface area contributed by atoms with Crippen molar-refractivity contribution >= 4 is 23.4 Å². The molecule has 1 rings (SSSR count). The number of rotatable bonds is 6. The fraction of sp³-hybridized carbons (Fsp3) is 0.462. The molecule has 0 radical (unpaired) electrons. The minimum absolute atomic E-state index is 0.120. The molecule has 0 bridgehead atoms. The molecule has 0 saturated heterocycles.